The molecule has 1 N–H and O–H groups in total. The van der Waals surface area contributed by atoms with Crippen molar-refractivity contribution in [3.05, 3.63) is 0 Å². The lowest BCUT2D eigenvalue weighted by Gasteiger charge is -2.27. The minimum absolute atomic E-state index is 0.0420. The molecule has 1 heterocycles. The molecule has 1 saturated heterocycles. The molecule has 1 aliphatic carbocycles. The van der Waals surface area contributed by atoms with Crippen molar-refractivity contribution >= 4 is 0 Å². The van der Waals surface area contributed by atoms with Gasteiger partial charge < -0.3 is 4.74 Å². The van der Waals surface area contributed by atoms with Crippen molar-refractivity contribution in [3.63, 3.8) is 0 Å². The fourth-order valence-electron chi connectivity index (χ4n) is 1.86. The standard InChI is InChI=1S/C11H19N3O/c12-9-11(13-10-1-2-10)3-4-14-5-7-15-8-6-14/h10-11,13H,1-8H2. The second-order valence-corrected chi connectivity index (χ2v) is 4.37. The highest BCUT2D eigenvalue weighted by Crippen LogP contribution is 2.19. The maximum Gasteiger partial charge on any atom is 0.0967 e. The van der Waals surface area contributed by atoms with Gasteiger partial charge in [-0.1, -0.05) is 0 Å². The molecule has 1 aliphatic heterocycles. The van der Waals surface area contributed by atoms with Crippen LogP contribution in [-0.4, -0.2) is 49.8 Å². The second-order valence-electron chi connectivity index (χ2n) is 4.37. The van der Waals surface area contributed by atoms with Gasteiger partial charge in [0.2, 0.25) is 0 Å². The molecule has 1 unspecified atom stereocenters. The molecule has 2 fully saturated rings. The van der Waals surface area contributed by atoms with Gasteiger partial charge in [0.05, 0.1) is 25.3 Å². The van der Waals surface area contributed by atoms with Gasteiger partial charge in [0.15, 0.2) is 0 Å². The monoisotopic (exact) mass is 209 g/mol. The molecule has 4 nitrogen and oxygen atoms in total. The van der Waals surface area contributed by atoms with Gasteiger partial charge in [0, 0.05) is 25.7 Å². The third-order valence-electron chi connectivity index (χ3n) is 3.01. The largest absolute Gasteiger partial charge is 0.379 e. The van der Waals surface area contributed by atoms with Gasteiger partial charge in [-0.2, -0.15) is 5.26 Å². The van der Waals surface area contributed by atoms with Crippen LogP contribution in [0.1, 0.15) is 19.3 Å². The summed E-state index contributed by atoms with van der Waals surface area (Å²) in [5.74, 6) is 0. The molecule has 1 atom stereocenters. The van der Waals surface area contributed by atoms with Crippen molar-refractivity contribution in [2.75, 3.05) is 32.8 Å². The van der Waals surface area contributed by atoms with E-state index >= 15 is 0 Å². The first-order chi connectivity index (χ1) is 7.38. The van der Waals surface area contributed by atoms with Gasteiger partial charge in [0.25, 0.3) is 0 Å². The van der Waals surface area contributed by atoms with E-state index in [1.165, 1.54) is 12.8 Å². The molecule has 2 aliphatic rings. The summed E-state index contributed by atoms with van der Waals surface area (Å²) < 4.78 is 5.29. The highest BCUT2D eigenvalue weighted by atomic mass is 16.5. The first-order valence-electron chi connectivity index (χ1n) is 5.84. The van der Waals surface area contributed by atoms with Gasteiger partial charge in [-0.05, 0) is 19.3 Å². The van der Waals surface area contributed by atoms with Crippen LogP contribution in [0.5, 0.6) is 0 Å². The van der Waals surface area contributed by atoms with Crippen molar-refractivity contribution < 1.29 is 4.74 Å². The Balaban J connectivity index is 1.63. The third-order valence-corrected chi connectivity index (χ3v) is 3.01. The summed E-state index contributed by atoms with van der Waals surface area (Å²) in [7, 11) is 0. The Labute approximate surface area is 91.2 Å². The first kappa shape index (κ1) is 10.9. The molecular weight excluding hydrogens is 190 g/mol. The van der Waals surface area contributed by atoms with E-state index in [-0.39, 0.29) is 6.04 Å². The van der Waals surface area contributed by atoms with Crippen LogP contribution < -0.4 is 5.32 Å². The molecule has 0 spiro atoms. The first-order valence-corrected chi connectivity index (χ1v) is 5.84. The van der Waals surface area contributed by atoms with E-state index in [4.69, 9.17) is 10.00 Å². The maximum absolute atomic E-state index is 8.98. The van der Waals surface area contributed by atoms with Crippen LogP contribution in [-0.2, 0) is 4.74 Å². The normalized spacial score (nSPS) is 24.7. The van der Waals surface area contributed by atoms with E-state index in [0.29, 0.717) is 6.04 Å². The molecule has 0 bridgehead atoms. The van der Waals surface area contributed by atoms with Crippen LogP contribution in [0.4, 0.5) is 0 Å². The van der Waals surface area contributed by atoms with Crippen molar-refractivity contribution in [3.8, 4) is 6.07 Å². The fraction of sp³-hybridized carbons (Fsp3) is 0.909. The highest BCUT2D eigenvalue weighted by Gasteiger charge is 2.24. The summed E-state index contributed by atoms with van der Waals surface area (Å²) in [5, 5.41) is 12.3. The number of nitriles is 1. The van der Waals surface area contributed by atoms with E-state index in [2.05, 4.69) is 16.3 Å². The van der Waals surface area contributed by atoms with Crippen molar-refractivity contribution in [1.29, 1.82) is 5.26 Å². The number of ether oxygens (including phenoxy) is 1. The summed E-state index contributed by atoms with van der Waals surface area (Å²) in [6, 6.07) is 3.01. The molecule has 1 saturated carbocycles. The van der Waals surface area contributed by atoms with Crippen LogP contribution >= 0.6 is 0 Å². The van der Waals surface area contributed by atoms with Crippen LogP contribution in [0.3, 0.4) is 0 Å². The Morgan fingerprint density at radius 3 is 2.73 bits per heavy atom. The minimum atomic E-state index is 0.0420. The van der Waals surface area contributed by atoms with Crippen LogP contribution in [0.2, 0.25) is 0 Å². The fourth-order valence-corrected chi connectivity index (χ4v) is 1.86. The number of nitrogens with zero attached hydrogens (tertiary/aromatic N) is 2. The molecule has 0 amide bonds. The zero-order valence-corrected chi connectivity index (χ0v) is 9.11. The van der Waals surface area contributed by atoms with Crippen molar-refractivity contribution in [2.24, 2.45) is 0 Å². The number of hydrogen-bond donors (Lipinski definition) is 1. The molecular formula is C11H19N3O. The molecule has 84 valence electrons. The average molecular weight is 209 g/mol. The zero-order chi connectivity index (χ0) is 10.5. The van der Waals surface area contributed by atoms with Crippen LogP contribution in [0.25, 0.3) is 0 Å². The summed E-state index contributed by atoms with van der Waals surface area (Å²) in [6.07, 6.45) is 3.43. The molecule has 0 aromatic rings. The van der Waals surface area contributed by atoms with Gasteiger partial charge in [-0.25, -0.2) is 0 Å². The minimum Gasteiger partial charge on any atom is -0.379 e. The van der Waals surface area contributed by atoms with Crippen molar-refractivity contribution in [1.82, 2.24) is 10.2 Å². The smallest absolute Gasteiger partial charge is 0.0967 e. The predicted octanol–water partition coefficient (Wildman–Crippen LogP) is 0.353. The van der Waals surface area contributed by atoms with Gasteiger partial charge in [-0.15, -0.1) is 0 Å². The Hall–Kier alpha value is -0.630. The summed E-state index contributed by atoms with van der Waals surface area (Å²) >= 11 is 0. The Kier molecular flexibility index (Phi) is 3.95. The molecule has 15 heavy (non-hydrogen) atoms. The van der Waals surface area contributed by atoms with Crippen LogP contribution in [0.15, 0.2) is 0 Å². The number of morpholine rings is 1. The van der Waals surface area contributed by atoms with Gasteiger partial charge in [0.1, 0.15) is 0 Å². The molecule has 0 radical (unpaired) electrons. The molecule has 0 aromatic heterocycles. The molecule has 2 rings (SSSR count). The number of hydrogen-bond acceptors (Lipinski definition) is 4. The number of rotatable bonds is 5. The Bertz CT molecular complexity index is 228. The topological polar surface area (TPSA) is 48.3 Å². The zero-order valence-electron chi connectivity index (χ0n) is 9.11. The van der Waals surface area contributed by atoms with E-state index in [1.54, 1.807) is 0 Å². The van der Waals surface area contributed by atoms with E-state index in [9.17, 15) is 0 Å². The lowest BCUT2D eigenvalue weighted by Crippen LogP contribution is -2.40. The lowest BCUT2D eigenvalue weighted by molar-refractivity contribution is 0.0368. The third kappa shape index (κ3) is 3.78. The summed E-state index contributed by atoms with van der Waals surface area (Å²) in [6.45, 7) is 4.73. The van der Waals surface area contributed by atoms with E-state index in [0.717, 1.165) is 39.3 Å². The average Bonchev–Trinajstić information content (AvgIpc) is 3.09. The Morgan fingerprint density at radius 2 is 2.13 bits per heavy atom. The highest BCUT2D eigenvalue weighted by molar-refractivity contribution is 4.96. The van der Waals surface area contributed by atoms with Gasteiger partial charge in [-0.3, -0.25) is 10.2 Å². The predicted molar refractivity (Wildman–Crippen MR) is 57.4 cm³/mol. The van der Waals surface area contributed by atoms with E-state index in [1.807, 2.05) is 0 Å². The second kappa shape index (κ2) is 5.45. The van der Waals surface area contributed by atoms with Gasteiger partial charge >= 0.3 is 0 Å². The van der Waals surface area contributed by atoms with Crippen LogP contribution in [0, 0.1) is 11.3 Å². The molecule has 4 heteroatoms. The maximum atomic E-state index is 8.98. The number of nitrogens with one attached hydrogen (secondary N) is 1. The molecule has 0 aromatic carbocycles. The Morgan fingerprint density at radius 1 is 1.40 bits per heavy atom. The SMILES string of the molecule is N#CC(CCN1CCOCC1)NC1CC1. The lowest BCUT2D eigenvalue weighted by atomic mass is 10.2. The quantitative estimate of drug-likeness (QED) is 0.710. The van der Waals surface area contributed by atoms with E-state index < -0.39 is 0 Å². The summed E-state index contributed by atoms with van der Waals surface area (Å²) in [5.41, 5.74) is 0. The van der Waals surface area contributed by atoms with Crippen molar-refractivity contribution in [2.45, 2.75) is 31.3 Å². The summed E-state index contributed by atoms with van der Waals surface area (Å²) in [4.78, 5) is 2.38.